The highest BCUT2D eigenvalue weighted by atomic mass is 79.9. The predicted molar refractivity (Wildman–Crippen MR) is 75.7 cm³/mol. The van der Waals surface area contributed by atoms with Crippen LogP contribution < -0.4 is 0 Å². The van der Waals surface area contributed by atoms with Crippen LogP contribution >= 0.6 is 47.8 Å². The lowest BCUT2D eigenvalue weighted by Crippen LogP contribution is -2.06. The number of carbonyl (C=O) groups excluding carboxylic acids is 2. The largest absolute Gasteiger partial charge is 0.285 e. The molecule has 0 saturated carbocycles. The van der Waals surface area contributed by atoms with E-state index in [0.717, 1.165) is 19.7 Å². The van der Waals surface area contributed by atoms with E-state index in [4.69, 9.17) is 0 Å². The van der Waals surface area contributed by atoms with E-state index in [1.54, 1.807) is 18.2 Å². The van der Waals surface area contributed by atoms with Crippen LogP contribution in [0.1, 0.15) is 20.7 Å². The Hall–Kier alpha value is -0.520. The third-order valence-corrected chi connectivity index (χ3v) is 4.73. The lowest BCUT2D eigenvalue weighted by molar-refractivity contribution is 0.0825. The summed E-state index contributed by atoms with van der Waals surface area (Å²) >= 11 is 10.2. The van der Waals surface area contributed by atoms with E-state index in [9.17, 15) is 9.59 Å². The van der Waals surface area contributed by atoms with Crippen LogP contribution in [0.2, 0.25) is 0 Å². The number of hydrogen-bond donors (Lipinski definition) is 0. The van der Waals surface area contributed by atoms with Crippen LogP contribution in [0.25, 0.3) is 10.8 Å². The molecule has 2 nitrogen and oxygen atoms in total. The zero-order valence-corrected chi connectivity index (χ0v) is 12.9. The third-order valence-electron chi connectivity index (χ3n) is 2.81. The van der Waals surface area contributed by atoms with Gasteiger partial charge < -0.3 is 0 Å². The SMILES string of the molecule is O=C1C(=O)c2c(Br)cc(Br)c3c(Br)ccc1c23. The summed E-state index contributed by atoms with van der Waals surface area (Å²) in [7, 11) is 0. The molecule has 0 saturated heterocycles. The first kappa shape index (κ1) is 11.6. The molecule has 0 aliphatic heterocycles. The molecule has 3 rings (SSSR count). The molecular weight excluding hydrogens is 416 g/mol. The Bertz CT molecular complexity index is 719. The van der Waals surface area contributed by atoms with Gasteiger partial charge in [0, 0.05) is 35.3 Å². The fourth-order valence-electron chi connectivity index (χ4n) is 2.09. The van der Waals surface area contributed by atoms with Gasteiger partial charge >= 0.3 is 0 Å². The molecule has 0 aromatic heterocycles. The molecule has 17 heavy (non-hydrogen) atoms. The van der Waals surface area contributed by atoms with Crippen molar-refractivity contribution in [2.45, 2.75) is 0 Å². The highest BCUT2D eigenvalue weighted by molar-refractivity contribution is 9.11. The van der Waals surface area contributed by atoms with Crippen LogP contribution in [0, 0.1) is 0 Å². The molecule has 1 aliphatic rings. The van der Waals surface area contributed by atoms with Gasteiger partial charge in [-0.05, 0) is 34.1 Å². The molecule has 2 aromatic carbocycles. The van der Waals surface area contributed by atoms with E-state index in [2.05, 4.69) is 47.8 Å². The maximum atomic E-state index is 11.9. The van der Waals surface area contributed by atoms with Crippen molar-refractivity contribution in [2.75, 3.05) is 0 Å². The number of halogens is 3. The Balaban J connectivity index is 2.67. The number of Topliss-reactive ketones (excluding diaryl/α,β-unsaturated/α-hetero) is 2. The van der Waals surface area contributed by atoms with Crippen LogP contribution in [0.15, 0.2) is 31.6 Å². The fourth-order valence-corrected chi connectivity index (χ4v) is 4.46. The molecule has 2 aromatic rings. The molecule has 0 bridgehead atoms. The van der Waals surface area contributed by atoms with Crippen LogP contribution in [-0.2, 0) is 0 Å². The minimum Gasteiger partial charge on any atom is -0.285 e. The molecule has 0 unspecified atom stereocenters. The van der Waals surface area contributed by atoms with Gasteiger partial charge in [-0.1, -0.05) is 31.9 Å². The van der Waals surface area contributed by atoms with E-state index in [1.165, 1.54) is 0 Å². The Labute approximate surface area is 122 Å². The number of rotatable bonds is 0. The average molecular weight is 419 g/mol. The van der Waals surface area contributed by atoms with E-state index >= 15 is 0 Å². The second kappa shape index (κ2) is 3.73. The number of ketones is 2. The van der Waals surface area contributed by atoms with Crippen LogP contribution in [-0.4, -0.2) is 11.6 Å². The summed E-state index contributed by atoms with van der Waals surface area (Å²) in [6.45, 7) is 0. The zero-order valence-electron chi connectivity index (χ0n) is 8.18. The van der Waals surface area contributed by atoms with Crippen molar-refractivity contribution in [3.63, 3.8) is 0 Å². The molecule has 0 heterocycles. The summed E-state index contributed by atoms with van der Waals surface area (Å²) in [4.78, 5) is 23.8. The third kappa shape index (κ3) is 1.42. The molecule has 0 atom stereocenters. The van der Waals surface area contributed by atoms with Gasteiger partial charge in [0.05, 0.1) is 0 Å². The summed E-state index contributed by atoms with van der Waals surface area (Å²) in [5, 5.41) is 1.58. The van der Waals surface area contributed by atoms with E-state index < -0.39 is 11.6 Å². The lowest BCUT2D eigenvalue weighted by atomic mass is 10.1. The molecule has 5 heteroatoms. The van der Waals surface area contributed by atoms with Crippen molar-refractivity contribution in [1.82, 2.24) is 0 Å². The molecule has 1 aliphatic carbocycles. The van der Waals surface area contributed by atoms with Gasteiger partial charge in [0.25, 0.3) is 0 Å². The first-order chi connectivity index (χ1) is 8.02. The summed E-state index contributed by atoms with van der Waals surface area (Å²) in [6.07, 6.45) is 0. The zero-order chi connectivity index (χ0) is 12.3. The van der Waals surface area contributed by atoms with Crippen molar-refractivity contribution in [3.05, 3.63) is 42.7 Å². The molecule has 0 spiro atoms. The Morgan fingerprint density at radius 3 is 2.18 bits per heavy atom. The minimum atomic E-state index is -0.442. The monoisotopic (exact) mass is 416 g/mol. The van der Waals surface area contributed by atoms with Crippen molar-refractivity contribution in [2.24, 2.45) is 0 Å². The Morgan fingerprint density at radius 1 is 0.765 bits per heavy atom. The maximum Gasteiger partial charge on any atom is 0.235 e. The minimum absolute atomic E-state index is 0.434. The number of hydrogen-bond acceptors (Lipinski definition) is 2. The standard InChI is InChI=1S/C12H3Br3O2/c13-5-2-1-4-8-9(5)6(14)3-7(15)10(8)12(17)11(4)16/h1-3H. The van der Waals surface area contributed by atoms with Crippen molar-refractivity contribution in [3.8, 4) is 0 Å². The number of benzene rings is 2. The van der Waals surface area contributed by atoms with Gasteiger partial charge in [-0.3, -0.25) is 9.59 Å². The van der Waals surface area contributed by atoms with E-state index in [-0.39, 0.29) is 0 Å². The van der Waals surface area contributed by atoms with Crippen molar-refractivity contribution < 1.29 is 9.59 Å². The first-order valence-corrected chi connectivity index (χ1v) is 7.09. The fraction of sp³-hybridized carbons (Fsp3) is 0. The summed E-state index contributed by atoms with van der Waals surface area (Å²) in [5.41, 5.74) is 0.940. The molecule has 0 fully saturated rings. The molecule has 0 radical (unpaired) electrons. The summed E-state index contributed by atoms with van der Waals surface area (Å²) in [5.74, 6) is -0.876. The normalized spacial score (nSPS) is 13.8. The molecular formula is C12H3Br3O2. The van der Waals surface area contributed by atoms with E-state index in [1.807, 2.05) is 0 Å². The quantitative estimate of drug-likeness (QED) is 0.590. The molecule has 0 N–H and O–H groups in total. The first-order valence-electron chi connectivity index (χ1n) is 4.71. The van der Waals surface area contributed by atoms with Crippen LogP contribution in [0.3, 0.4) is 0 Å². The van der Waals surface area contributed by atoms with Crippen LogP contribution in [0.5, 0.6) is 0 Å². The van der Waals surface area contributed by atoms with Crippen molar-refractivity contribution in [1.29, 1.82) is 0 Å². The Kier molecular flexibility index (Phi) is 2.54. The second-order valence-corrected chi connectivity index (χ2v) is 6.28. The van der Waals surface area contributed by atoms with E-state index in [0.29, 0.717) is 15.6 Å². The maximum absolute atomic E-state index is 11.9. The van der Waals surface area contributed by atoms with Gasteiger partial charge in [-0.25, -0.2) is 0 Å². The van der Waals surface area contributed by atoms with Crippen LogP contribution in [0.4, 0.5) is 0 Å². The van der Waals surface area contributed by atoms with Gasteiger partial charge in [0.15, 0.2) is 0 Å². The number of carbonyl (C=O) groups is 2. The van der Waals surface area contributed by atoms with Gasteiger partial charge in [0.1, 0.15) is 0 Å². The van der Waals surface area contributed by atoms with Gasteiger partial charge in [0.2, 0.25) is 11.6 Å². The smallest absolute Gasteiger partial charge is 0.235 e. The van der Waals surface area contributed by atoms with Gasteiger partial charge in [-0.2, -0.15) is 0 Å². The highest BCUT2D eigenvalue weighted by Gasteiger charge is 2.33. The average Bonchev–Trinajstić information content (AvgIpc) is 2.51. The lowest BCUT2D eigenvalue weighted by Gasteiger charge is -2.06. The predicted octanol–water partition coefficient (Wildman–Crippen LogP) is 4.51. The second-order valence-electron chi connectivity index (χ2n) is 3.72. The molecule has 84 valence electrons. The van der Waals surface area contributed by atoms with Crippen molar-refractivity contribution >= 4 is 70.1 Å². The topological polar surface area (TPSA) is 34.1 Å². The summed E-state index contributed by atoms with van der Waals surface area (Å²) < 4.78 is 2.35. The van der Waals surface area contributed by atoms with Gasteiger partial charge in [-0.15, -0.1) is 0 Å². The highest BCUT2D eigenvalue weighted by Crippen LogP contribution is 2.42. The Morgan fingerprint density at radius 2 is 1.47 bits per heavy atom. The summed E-state index contributed by atoms with van der Waals surface area (Å²) in [6, 6.07) is 5.27. The molecule has 0 amide bonds.